The number of carbonyl (C=O) groups is 2. The highest BCUT2D eigenvalue weighted by molar-refractivity contribution is 6.31. The summed E-state index contributed by atoms with van der Waals surface area (Å²) in [5.41, 5.74) is 0.874. The first-order valence-electron chi connectivity index (χ1n) is 6.45. The summed E-state index contributed by atoms with van der Waals surface area (Å²) in [6.45, 7) is 1.18. The summed E-state index contributed by atoms with van der Waals surface area (Å²) in [6, 6.07) is 7.21. The molecule has 1 aromatic carbocycles. The number of carbonyl (C=O) groups excluding carboxylic acids is 1. The zero-order chi connectivity index (χ0) is 14.7. The van der Waals surface area contributed by atoms with Crippen molar-refractivity contribution in [3.63, 3.8) is 0 Å². The number of hydrogen-bond acceptors (Lipinski definition) is 2. The molecule has 1 unspecified atom stereocenters. The number of amides is 2. The Balaban J connectivity index is 1.96. The fourth-order valence-electron chi connectivity index (χ4n) is 2.33. The van der Waals surface area contributed by atoms with E-state index in [0.29, 0.717) is 24.5 Å². The van der Waals surface area contributed by atoms with Crippen LogP contribution in [0.25, 0.3) is 0 Å². The van der Waals surface area contributed by atoms with E-state index in [1.165, 1.54) is 0 Å². The van der Waals surface area contributed by atoms with Gasteiger partial charge in [0.15, 0.2) is 0 Å². The van der Waals surface area contributed by atoms with Gasteiger partial charge in [0, 0.05) is 31.7 Å². The van der Waals surface area contributed by atoms with E-state index in [4.69, 9.17) is 16.7 Å². The summed E-state index contributed by atoms with van der Waals surface area (Å²) in [5.74, 6) is -1.29. The summed E-state index contributed by atoms with van der Waals surface area (Å²) >= 11 is 6.07. The molecule has 6 heteroatoms. The lowest BCUT2D eigenvalue weighted by Gasteiger charge is -2.24. The van der Waals surface area contributed by atoms with Crippen LogP contribution >= 0.6 is 11.6 Å². The second kappa shape index (κ2) is 6.13. The van der Waals surface area contributed by atoms with Crippen molar-refractivity contribution in [2.45, 2.75) is 13.0 Å². The summed E-state index contributed by atoms with van der Waals surface area (Å²) in [6.07, 6.45) is 0.515. The molecule has 1 fully saturated rings. The number of carboxylic acid groups (broad SMARTS) is 1. The van der Waals surface area contributed by atoms with Gasteiger partial charge in [0.2, 0.25) is 0 Å². The van der Waals surface area contributed by atoms with Crippen molar-refractivity contribution < 1.29 is 14.7 Å². The highest BCUT2D eigenvalue weighted by Gasteiger charge is 2.32. The van der Waals surface area contributed by atoms with Crippen molar-refractivity contribution >= 4 is 23.6 Å². The Labute approximate surface area is 122 Å². The molecule has 2 rings (SSSR count). The third-order valence-electron chi connectivity index (χ3n) is 3.50. The predicted molar refractivity (Wildman–Crippen MR) is 75.6 cm³/mol. The van der Waals surface area contributed by atoms with Crippen molar-refractivity contribution in [1.82, 2.24) is 9.80 Å². The summed E-state index contributed by atoms with van der Waals surface area (Å²) in [5, 5.41) is 9.58. The third-order valence-corrected chi connectivity index (χ3v) is 3.87. The number of aliphatic carboxylic acids is 1. The zero-order valence-corrected chi connectivity index (χ0v) is 12.0. The van der Waals surface area contributed by atoms with Gasteiger partial charge in [-0.15, -0.1) is 0 Å². The Bertz CT molecular complexity index is 521. The number of rotatable bonds is 3. The van der Waals surface area contributed by atoms with Crippen molar-refractivity contribution in [2.24, 2.45) is 5.92 Å². The zero-order valence-electron chi connectivity index (χ0n) is 11.3. The summed E-state index contributed by atoms with van der Waals surface area (Å²) < 4.78 is 0. The van der Waals surface area contributed by atoms with E-state index in [1.54, 1.807) is 22.9 Å². The number of likely N-dealkylation sites (tertiary alicyclic amines) is 1. The van der Waals surface area contributed by atoms with Crippen molar-refractivity contribution in [3.8, 4) is 0 Å². The van der Waals surface area contributed by atoms with Crippen molar-refractivity contribution in [3.05, 3.63) is 34.9 Å². The molecule has 0 spiro atoms. The molecule has 20 heavy (non-hydrogen) atoms. The first kappa shape index (κ1) is 14.7. The lowest BCUT2D eigenvalue weighted by Crippen LogP contribution is -2.39. The minimum Gasteiger partial charge on any atom is -0.481 e. The van der Waals surface area contributed by atoms with Crippen LogP contribution in [0.5, 0.6) is 0 Å². The molecule has 1 aliphatic rings. The molecule has 0 aromatic heterocycles. The van der Waals surface area contributed by atoms with Crippen LogP contribution in [-0.4, -0.2) is 47.0 Å². The lowest BCUT2D eigenvalue weighted by atomic mass is 10.1. The highest BCUT2D eigenvalue weighted by atomic mass is 35.5. The molecule has 108 valence electrons. The predicted octanol–water partition coefficient (Wildman–Crippen LogP) is 2.30. The van der Waals surface area contributed by atoms with Gasteiger partial charge in [-0.25, -0.2) is 4.79 Å². The van der Waals surface area contributed by atoms with Crippen LogP contribution < -0.4 is 0 Å². The number of hydrogen-bond donors (Lipinski definition) is 1. The largest absolute Gasteiger partial charge is 0.481 e. The van der Waals surface area contributed by atoms with E-state index in [1.807, 2.05) is 18.2 Å². The topological polar surface area (TPSA) is 60.9 Å². The fraction of sp³-hybridized carbons (Fsp3) is 0.429. The molecule has 2 amide bonds. The molecule has 5 nitrogen and oxygen atoms in total. The van der Waals surface area contributed by atoms with E-state index in [2.05, 4.69) is 0 Å². The molecule has 0 radical (unpaired) electrons. The van der Waals surface area contributed by atoms with Crippen LogP contribution in [0.1, 0.15) is 12.0 Å². The molecule has 1 aliphatic heterocycles. The molecule has 1 aromatic rings. The van der Waals surface area contributed by atoms with Gasteiger partial charge in [-0.05, 0) is 18.1 Å². The van der Waals surface area contributed by atoms with Crippen LogP contribution in [-0.2, 0) is 11.3 Å². The maximum atomic E-state index is 12.2. The fourth-order valence-corrected chi connectivity index (χ4v) is 2.52. The highest BCUT2D eigenvalue weighted by Crippen LogP contribution is 2.20. The Morgan fingerprint density at radius 2 is 2.15 bits per heavy atom. The molecular weight excluding hydrogens is 280 g/mol. The summed E-state index contributed by atoms with van der Waals surface area (Å²) in [7, 11) is 1.69. The number of nitrogens with zero attached hydrogens (tertiary/aromatic N) is 2. The van der Waals surface area contributed by atoms with Gasteiger partial charge in [-0.3, -0.25) is 4.79 Å². The molecular formula is C14H17ClN2O3. The molecule has 0 bridgehead atoms. The van der Waals surface area contributed by atoms with Crippen molar-refractivity contribution in [1.29, 1.82) is 0 Å². The minimum atomic E-state index is -0.839. The Kier molecular flexibility index (Phi) is 4.49. The molecule has 1 N–H and O–H groups in total. The van der Waals surface area contributed by atoms with E-state index in [-0.39, 0.29) is 12.6 Å². The second-order valence-corrected chi connectivity index (χ2v) is 5.41. The maximum absolute atomic E-state index is 12.2. The van der Waals surface area contributed by atoms with Gasteiger partial charge < -0.3 is 14.9 Å². The van der Waals surface area contributed by atoms with Crippen LogP contribution in [0.2, 0.25) is 5.02 Å². The van der Waals surface area contributed by atoms with Gasteiger partial charge in [0.25, 0.3) is 0 Å². The van der Waals surface area contributed by atoms with Gasteiger partial charge in [-0.1, -0.05) is 29.8 Å². The average molecular weight is 297 g/mol. The SMILES string of the molecule is CN(Cc1ccccc1Cl)C(=O)N1CCC(C(=O)O)C1. The molecule has 1 atom stereocenters. The lowest BCUT2D eigenvalue weighted by molar-refractivity contribution is -0.141. The first-order valence-corrected chi connectivity index (χ1v) is 6.83. The Hall–Kier alpha value is -1.75. The number of carboxylic acids is 1. The number of benzene rings is 1. The molecule has 0 saturated carbocycles. The van der Waals surface area contributed by atoms with Gasteiger partial charge in [-0.2, -0.15) is 0 Å². The van der Waals surface area contributed by atoms with Crippen LogP contribution in [0.4, 0.5) is 4.79 Å². The molecule has 0 aliphatic carbocycles. The van der Waals surface area contributed by atoms with Crippen molar-refractivity contribution in [2.75, 3.05) is 20.1 Å². The van der Waals surface area contributed by atoms with Gasteiger partial charge in [0.05, 0.1) is 5.92 Å². The Morgan fingerprint density at radius 1 is 1.45 bits per heavy atom. The van der Waals surface area contributed by atoms with E-state index < -0.39 is 11.9 Å². The van der Waals surface area contributed by atoms with E-state index >= 15 is 0 Å². The average Bonchev–Trinajstić information content (AvgIpc) is 2.90. The number of urea groups is 1. The minimum absolute atomic E-state index is 0.159. The van der Waals surface area contributed by atoms with Crippen LogP contribution in [0.3, 0.4) is 0 Å². The van der Waals surface area contributed by atoms with Gasteiger partial charge >= 0.3 is 12.0 Å². The van der Waals surface area contributed by atoms with E-state index in [9.17, 15) is 9.59 Å². The van der Waals surface area contributed by atoms with Crippen LogP contribution in [0.15, 0.2) is 24.3 Å². The normalized spacial score (nSPS) is 18.1. The Morgan fingerprint density at radius 3 is 2.75 bits per heavy atom. The maximum Gasteiger partial charge on any atom is 0.320 e. The van der Waals surface area contributed by atoms with Gasteiger partial charge in [0.1, 0.15) is 0 Å². The second-order valence-electron chi connectivity index (χ2n) is 5.00. The number of halogens is 1. The van der Waals surface area contributed by atoms with E-state index in [0.717, 1.165) is 5.56 Å². The monoisotopic (exact) mass is 296 g/mol. The molecule has 1 heterocycles. The molecule has 1 saturated heterocycles. The standard InChI is InChI=1S/C14H17ClN2O3/c1-16(8-10-4-2-3-5-12(10)15)14(20)17-7-6-11(9-17)13(18)19/h2-5,11H,6-9H2,1H3,(H,18,19). The third kappa shape index (κ3) is 3.22. The summed E-state index contributed by atoms with van der Waals surface area (Å²) in [4.78, 5) is 26.3. The first-order chi connectivity index (χ1) is 9.49. The quantitative estimate of drug-likeness (QED) is 0.931. The van der Waals surface area contributed by atoms with Crippen LogP contribution in [0, 0.1) is 5.92 Å². The smallest absolute Gasteiger partial charge is 0.320 e.